The van der Waals surface area contributed by atoms with Crippen LogP contribution in [0.3, 0.4) is 0 Å². The van der Waals surface area contributed by atoms with Crippen LogP contribution in [0, 0.1) is 0 Å². The normalized spacial score (nSPS) is 14.1. The van der Waals surface area contributed by atoms with Crippen LogP contribution in [0.15, 0.2) is 164 Å². The molecule has 1 aromatic heterocycles. The molecule has 0 spiro atoms. The average molecular weight is 670 g/mol. The van der Waals surface area contributed by atoms with Crippen LogP contribution in [0.2, 0.25) is 0 Å². The van der Waals surface area contributed by atoms with Crippen LogP contribution < -0.4 is 0 Å². The minimum absolute atomic E-state index is 0.101. The van der Waals surface area contributed by atoms with Crippen LogP contribution in [0.25, 0.3) is 78.3 Å². The van der Waals surface area contributed by atoms with Crippen LogP contribution in [-0.4, -0.2) is 15.0 Å². The lowest BCUT2D eigenvalue weighted by Crippen LogP contribution is -2.43. The van der Waals surface area contributed by atoms with E-state index in [9.17, 15) is 0 Å². The first kappa shape index (κ1) is 31.8. The van der Waals surface area contributed by atoms with E-state index in [1.807, 2.05) is 36.4 Å². The van der Waals surface area contributed by atoms with Crippen LogP contribution >= 0.6 is 0 Å². The molecule has 1 aliphatic rings. The predicted octanol–water partition coefficient (Wildman–Crippen LogP) is 12.6. The summed E-state index contributed by atoms with van der Waals surface area (Å²) in [5, 5.41) is 2.28. The summed E-state index contributed by atoms with van der Waals surface area (Å²) in [6.45, 7) is 9.62. The summed E-state index contributed by atoms with van der Waals surface area (Å²) >= 11 is 0. The fraction of sp³-hybridized carbons (Fsp3) is 0.122. The molecule has 7 aromatic carbocycles. The number of rotatable bonds is 5. The molecule has 3 heteroatoms. The molecule has 250 valence electrons. The van der Waals surface area contributed by atoms with Crippen molar-refractivity contribution >= 4 is 10.8 Å². The maximum atomic E-state index is 5.07. The van der Waals surface area contributed by atoms with Gasteiger partial charge in [0.2, 0.25) is 0 Å². The molecule has 0 bridgehead atoms. The van der Waals surface area contributed by atoms with E-state index >= 15 is 0 Å². The molecule has 0 N–H and O–H groups in total. The first-order chi connectivity index (χ1) is 25.3. The second kappa shape index (κ2) is 12.2. The van der Waals surface area contributed by atoms with Crippen molar-refractivity contribution in [1.29, 1.82) is 0 Å². The Labute approximate surface area is 305 Å². The highest BCUT2D eigenvalue weighted by molar-refractivity contribution is 6.04. The first-order valence-electron chi connectivity index (χ1n) is 18.0. The van der Waals surface area contributed by atoms with Gasteiger partial charge < -0.3 is 0 Å². The van der Waals surface area contributed by atoms with Gasteiger partial charge in [-0.15, -0.1) is 0 Å². The number of fused-ring (bicyclic) bond motifs is 4. The van der Waals surface area contributed by atoms with E-state index in [1.54, 1.807) is 0 Å². The van der Waals surface area contributed by atoms with E-state index in [1.165, 1.54) is 49.9 Å². The molecule has 0 atom stereocenters. The Kier molecular flexibility index (Phi) is 7.48. The van der Waals surface area contributed by atoms with Crippen molar-refractivity contribution < 1.29 is 0 Å². The average Bonchev–Trinajstić information content (AvgIpc) is 3.20. The Morgan fingerprint density at radius 3 is 1.23 bits per heavy atom. The fourth-order valence-corrected chi connectivity index (χ4v) is 7.92. The largest absolute Gasteiger partial charge is 0.208 e. The molecule has 1 heterocycles. The third-order valence-corrected chi connectivity index (χ3v) is 11.5. The third kappa shape index (κ3) is 5.15. The minimum Gasteiger partial charge on any atom is -0.208 e. The number of aromatic nitrogens is 3. The number of hydrogen-bond acceptors (Lipinski definition) is 3. The van der Waals surface area contributed by atoms with Crippen molar-refractivity contribution in [2.45, 2.75) is 38.5 Å². The van der Waals surface area contributed by atoms with Crippen molar-refractivity contribution in [2.24, 2.45) is 0 Å². The molecule has 0 unspecified atom stereocenters. The van der Waals surface area contributed by atoms with Gasteiger partial charge in [0.1, 0.15) is 0 Å². The molecule has 0 saturated heterocycles. The molecule has 0 radical (unpaired) electrons. The number of nitrogens with zero attached hydrogens (tertiary/aromatic N) is 3. The molecule has 0 fully saturated rings. The van der Waals surface area contributed by atoms with Crippen LogP contribution in [0.4, 0.5) is 0 Å². The molecule has 52 heavy (non-hydrogen) atoms. The van der Waals surface area contributed by atoms with Crippen molar-refractivity contribution in [3.05, 3.63) is 175 Å². The maximum Gasteiger partial charge on any atom is 0.164 e. The minimum atomic E-state index is -0.122. The maximum absolute atomic E-state index is 5.07. The van der Waals surface area contributed by atoms with E-state index < -0.39 is 0 Å². The van der Waals surface area contributed by atoms with Gasteiger partial charge in [-0.05, 0) is 84.3 Å². The zero-order valence-corrected chi connectivity index (χ0v) is 29.9. The van der Waals surface area contributed by atoms with Crippen LogP contribution in [0.1, 0.15) is 38.8 Å². The second-order valence-electron chi connectivity index (χ2n) is 14.9. The second-order valence-corrected chi connectivity index (χ2v) is 14.9. The molecule has 0 amide bonds. The Morgan fingerprint density at radius 2 is 0.692 bits per heavy atom. The monoisotopic (exact) mass is 669 g/mol. The summed E-state index contributed by atoms with van der Waals surface area (Å²) in [5.41, 5.74) is 13.0. The molecule has 3 nitrogen and oxygen atoms in total. The lowest BCUT2D eigenvalue weighted by molar-refractivity contribution is 0.299. The van der Waals surface area contributed by atoms with E-state index in [2.05, 4.69) is 155 Å². The van der Waals surface area contributed by atoms with E-state index in [-0.39, 0.29) is 10.8 Å². The van der Waals surface area contributed by atoms with E-state index in [4.69, 9.17) is 15.0 Å². The standard InChI is InChI=1S/C49H39N3/c1-48(2)43-30-35(32-16-8-5-9-17-32)24-26-40(43)41-27-25-36(31-44(41)49(48,3)4)37-28-29-42(39-23-15-14-22-38(37)39)47-51-45(33-18-10-6-11-19-33)50-46(52-47)34-20-12-7-13-21-34/h5-31H,1-4H3. The highest BCUT2D eigenvalue weighted by Gasteiger charge is 2.46. The number of benzene rings is 7. The van der Waals surface area contributed by atoms with Crippen molar-refractivity contribution in [3.63, 3.8) is 0 Å². The highest BCUT2D eigenvalue weighted by atomic mass is 15.0. The van der Waals surface area contributed by atoms with Crippen LogP contribution in [0.5, 0.6) is 0 Å². The number of hydrogen-bond donors (Lipinski definition) is 0. The van der Waals surface area contributed by atoms with Gasteiger partial charge in [-0.2, -0.15) is 0 Å². The van der Waals surface area contributed by atoms with Crippen molar-refractivity contribution in [1.82, 2.24) is 15.0 Å². The summed E-state index contributed by atoms with van der Waals surface area (Å²) in [6.07, 6.45) is 0. The summed E-state index contributed by atoms with van der Waals surface area (Å²) in [6, 6.07) is 58.2. The van der Waals surface area contributed by atoms with Gasteiger partial charge in [-0.1, -0.05) is 173 Å². The summed E-state index contributed by atoms with van der Waals surface area (Å²) in [4.78, 5) is 15.1. The topological polar surface area (TPSA) is 38.7 Å². The Morgan fingerprint density at radius 1 is 0.308 bits per heavy atom. The third-order valence-electron chi connectivity index (χ3n) is 11.5. The van der Waals surface area contributed by atoms with E-state index in [0.717, 1.165) is 22.1 Å². The van der Waals surface area contributed by atoms with Gasteiger partial charge in [-0.25, -0.2) is 15.0 Å². The lowest BCUT2D eigenvalue weighted by Gasteiger charge is -2.48. The Bertz CT molecular complexity index is 2550. The van der Waals surface area contributed by atoms with E-state index in [0.29, 0.717) is 17.5 Å². The fourth-order valence-electron chi connectivity index (χ4n) is 7.92. The molecular formula is C49H39N3. The summed E-state index contributed by atoms with van der Waals surface area (Å²) in [7, 11) is 0. The molecule has 1 aliphatic carbocycles. The zero-order valence-electron chi connectivity index (χ0n) is 29.9. The van der Waals surface area contributed by atoms with Gasteiger partial charge in [-0.3, -0.25) is 0 Å². The van der Waals surface area contributed by atoms with Gasteiger partial charge in [0.15, 0.2) is 17.5 Å². The van der Waals surface area contributed by atoms with Crippen molar-refractivity contribution in [3.8, 4) is 67.5 Å². The SMILES string of the molecule is CC1(C)c2cc(-c3ccccc3)ccc2-c2ccc(-c3ccc(-c4nc(-c5ccccc5)nc(-c5ccccc5)n4)c4ccccc34)cc2C1(C)C. The summed E-state index contributed by atoms with van der Waals surface area (Å²) in [5.74, 6) is 1.98. The predicted molar refractivity (Wildman–Crippen MR) is 216 cm³/mol. The van der Waals surface area contributed by atoms with Crippen molar-refractivity contribution in [2.75, 3.05) is 0 Å². The first-order valence-corrected chi connectivity index (χ1v) is 18.0. The summed E-state index contributed by atoms with van der Waals surface area (Å²) < 4.78 is 0. The van der Waals surface area contributed by atoms with Gasteiger partial charge >= 0.3 is 0 Å². The zero-order chi connectivity index (χ0) is 35.5. The quantitative estimate of drug-likeness (QED) is 0.183. The lowest BCUT2D eigenvalue weighted by atomic mass is 9.55. The highest BCUT2D eigenvalue weighted by Crippen LogP contribution is 2.55. The van der Waals surface area contributed by atoms with Gasteiger partial charge in [0.05, 0.1) is 0 Å². The van der Waals surface area contributed by atoms with Crippen LogP contribution in [-0.2, 0) is 10.8 Å². The smallest absolute Gasteiger partial charge is 0.164 e. The molecule has 9 rings (SSSR count). The molecule has 0 saturated carbocycles. The molecule has 0 aliphatic heterocycles. The Balaban J connectivity index is 1.19. The Hall–Kier alpha value is -6.19. The molecular weight excluding hydrogens is 631 g/mol. The molecule has 8 aromatic rings. The van der Waals surface area contributed by atoms with Gasteiger partial charge in [0, 0.05) is 16.7 Å². The van der Waals surface area contributed by atoms with Gasteiger partial charge in [0.25, 0.3) is 0 Å².